The molecule has 64 valence electrons. The van der Waals surface area contributed by atoms with Crippen LogP contribution in [0, 0.1) is 0 Å². The number of ether oxygens (including phenoxy) is 1. The molecule has 0 aliphatic carbocycles. The quantitative estimate of drug-likeness (QED) is 0.250. The highest BCUT2D eigenvalue weighted by Crippen LogP contribution is 1.92. The van der Waals surface area contributed by atoms with E-state index in [2.05, 4.69) is 6.58 Å². The molecular formula is C7H14O3Si. The molecule has 0 spiro atoms. The number of rotatable bonds is 5. The van der Waals surface area contributed by atoms with Gasteiger partial charge in [0.25, 0.3) is 0 Å². The van der Waals surface area contributed by atoms with Crippen molar-refractivity contribution in [3.63, 3.8) is 0 Å². The van der Waals surface area contributed by atoms with Gasteiger partial charge in [0, 0.05) is 18.6 Å². The number of carbonyl (C=O) groups excluding carboxylic acids is 1. The Kier molecular flexibility index (Phi) is 5.78. The summed E-state index contributed by atoms with van der Waals surface area (Å²) >= 11 is 0. The van der Waals surface area contributed by atoms with Crippen LogP contribution in [-0.4, -0.2) is 29.7 Å². The van der Waals surface area contributed by atoms with E-state index < -0.39 is 0 Å². The van der Waals surface area contributed by atoms with Crippen molar-refractivity contribution in [3.05, 3.63) is 12.2 Å². The van der Waals surface area contributed by atoms with Crippen LogP contribution >= 0.6 is 0 Å². The topological polar surface area (TPSA) is 35.5 Å². The molecule has 0 rings (SSSR count). The van der Waals surface area contributed by atoms with Crippen molar-refractivity contribution < 1.29 is 14.0 Å². The molecule has 0 unspecified atom stereocenters. The average Bonchev–Trinajstić information content (AvgIpc) is 1.97. The molecule has 0 aliphatic rings. The van der Waals surface area contributed by atoms with Crippen LogP contribution in [0.4, 0.5) is 0 Å². The lowest BCUT2D eigenvalue weighted by atomic mass is 10.4. The zero-order valence-corrected chi connectivity index (χ0v) is 9.05. The fourth-order valence-electron chi connectivity index (χ4n) is 0.491. The van der Waals surface area contributed by atoms with E-state index in [1.807, 2.05) is 0 Å². The zero-order valence-electron chi connectivity index (χ0n) is 7.05. The maximum Gasteiger partial charge on any atom is 0.333 e. The third-order valence-electron chi connectivity index (χ3n) is 1.07. The van der Waals surface area contributed by atoms with Gasteiger partial charge in [-0.05, 0) is 6.92 Å². The SMILES string of the molecule is C=C(C)C(=O)OCCCO[SiH3]. The molecular weight excluding hydrogens is 160 g/mol. The van der Waals surface area contributed by atoms with E-state index in [9.17, 15) is 4.79 Å². The molecule has 0 fully saturated rings. The maximum absolute atomic E-state index is 10.8. The van der Waals surface area contributed by atoms with E-state index in [-0.39, 0.29) is 5.97 Å². The minimum absolute atomic E-state index is 0.321. The lowest BCUT2D eigenvalue weighted by molar-refractivity contribution is -0.139. The minimum Gasteiger partial charge on any atom is -0.462 e. The Morgan fingerprint density at radius 1 is 1.55 bits per heavy atom. The highest BCUT2D eigenvalue weighted by Gasteiger charge is 2.00. The number of hydrogen-bond acceptors (Lipinski definition) is 3. The molecule has 0 saturated heterocycles. The van der Waals surface area contributed by atoms with Crippen LogP contribution in [0.25, 0.3) is 0 Å². The van der Waals surface area contributed by atoms with Gasteiger partial charge in [-0.3, -0.25) is 0 Å². The molecule has 0 aromatic heterocycles. The first kappa shape index (κ1) is 10.4. The Morgan fingerprint density at radius 3 is 2.64 bits per heavy atom. The van der Waals surface area contributed by atoms with Gasteiger partial charge in [0.05, 0.1) is 6.61 Å². The van der Waals surface area contributed by atoms with Crippen molar-refractivity contribution >= 4 is 16.5 Å². The molecule has 4 heteroatoms. The molecule has 0 radical (unpaired) electrons. The van der Waals surface area contributed by atoms with E-state index >= 15 is 0 Å². The Balaban J connectivity index is 3.25. The third kappa shape index (κ3) is 5.81. The third-order valence-corrected chi connectivity index (χ3v) is 1.48. The first-order valence-electron chi connectivity index (χ1n) is 3.50. The van der Waals surface area contributed by atoms with Gasteiger partial charge in [-0.25, -0.2) is 4.79 Å². The molecule has 3 nitrogen and oxygen atoms in total. The normalized spacial score (nSPS) is 9.55. The van der Waals surface area contributed by atoms with E-state index in [4.69, 9.17) is 9.16 Å². The van der Waals surface area contributed by atoms with E-state index in [1.165, 1.54) is 0 Å². The summed E-state index contributed by atoms with van der Waals surface area (Å²) in [6.45, 7) is 6.19. The molecule has 0 aromatic carbocycles. The summed E-state index contributed by atoms with van der Waals surface area (Å²) in [6.07, 6.45) is 0.766. The molecule has 0 saturated carbocycles. The zero-order chi connectivity index (χ0) is 8.69. The first-order valence-corrected chi connectivity index (χ1v) is 4.31. The van der Waals surface area contributed by atoms with Crippen LogP contribution in [0.1, 0.15) is 13.3 Å². The lowest BCUT2D eigenvalue weighted by Gasteiger charge is -2.02. The van der Waals surface area contributed by atoms with Crippen LogP contribution < -0.4 is 0 Å². The molecule has 11 heavy (non-hydrogen) atoms. The smallest absolute Gasteiger partial charge is 0.333 e. The molecule has 0 atom stereocenters. The van der Waals surface area contributed by atoms with Gasteiger partial charge < -0.3 is 9.16 Å². The number of carbonyl (C=O) groups is 1. The highest BCUT2D eigenvalue weighted by molar-refractivity contribution is 5.97. The molecule has 0 aromatic rings. The van der Waals surface area contributed by atoms with Crippen LogP contribution in [0.5, 0.6) is 0 Å². The molecule has 0 N–H and O–H groups in total. The van der Waals surface area contributed by atoms with Crippen LogP contribution in [0.2, 0.25) is 0 Å². The van der Waals surface area contributed by atoms with Gasteiger partial charge in [0.15, 0.2) is 0 Å². The van der Waals surface area contributed by atoms with Crippen molar-refractivity contribution in [2.45, 2.75) is 13.3 Å². The second-order valence-electron chi connectivity index (χ2n) is 2.26. The Morgan fingerprint density at radius 2 is 2.18 bits per heavy atom. The van der Waals surface area contributed by atoms with Crippen LogP contribution in [0.3, 0.4) is 0 Å². The molecule has 0 bridgehead atoms. The second-order valence-corrected chi connectivity index (χ2v) is 2.84. The van der Waals surface area contributed by atoms with Gasteiger partial charge >= 0.3 is 5.97 Å². The second kappa shape index (κ2) is 6.12. The van der Waals surface area contributed by atoms with Gasteiger partial charge in [0.1, 0.15) is 10.5 Å². The Bertz CT molecular complexity index is 145. The monoisotopic (exact) mass is 174 g/mol. The summed E-state index contributed by atoms with van der Waals surface area (Å²) in [5.74, 6) is -0.321. The number of hydrogen-bond donors (Lipinski definition) is 0. The van der Waals surface area contributed by atoms with Crippen LogP contribution in [0.15, 0.2) is 12.2 Å². The Hall–Kier alpha value is -0.613. The summed E-state index contributed by atoms with van der Waals surface area (Å²) in [5, 5.41) is 0. The standard InChI is InChI=1S/C7H14O3Si/c1-6(2)7(8)9-4-3-5-10-11/h1,3-5H2,2,11H3. The van der Waals surface area contributed by atoms with E-state index in [1.54, 1.807) is 6.92 Å². The fourth-order valence-corrected chi connectivity index (χ4v) is 0.780. The van der Waals surface area contributed by atoms with Crippen LogP contribution in [-0.2, 0) is 14.0 Å². The summed E-state index contributed by atoms with van der Waals surface area (Å²) in [4.78, 5) is 10.8. The Labute approximate surface area is 69.9 Å². The van der Waals surface area contributed by atoms with Gasteiger partial charge in [-0.1, -0.05) is 6.58 Å². The van der Waals surface area contributed by atoms with Gasteiger partial charge in [0.2, 0.25) is 0 Å². The highest BCUT2D eigenvalue weighted by atomic mass is 28.2. The van der Waals surface area contributed by atoms with Gasteiger partial charge in [-0.15, -0.1) is 0 Å². The van der Waals surface area contributed by atoms with Crippen molar-refractivity contribution in [2.75, 3.05) is 13.2 Å². The largest absolute Gasteiger partial charge is 0.462 e. The predicted octanol–water partition coefficient (Wildman–Crippen LogP) is -0.207. The molecule has 0 heterocycles. The fraction of sp³-hybridized carbons (Fsp3) is 0.571. The molecule has 0 aliphatic heterocycles. The summed E-state index contributed by atoms with van der Waals surface area (Å²) in [5.41, 5.74) is 0.441. The van der Waals surface area contributed by atoms with Crippen molar-refractivity contribution in [3.8, 4) is 0 Å². The van der Waals surface area contributed by atoms with E-state index in [0.717, 1.165) is 16.9 Å². The first-order chi connectivity index (χ1) is 5.18. The van der Waals surface area contributed by atoms with Gasteiger partial charge in [-0.2, -0.15) is 0 Å². The number of esters is 1. The minimum atomic E-state index is -0.321. The average molecular weight is 174 g/mol. The van der Waals surface area contributed by atoms with Crippen molar-refractivity contribution in [1.29, 1.82) is 0 Å². The summed E-state index contributed by atoms with van der Waals surface area (Å²) < 4.78 is 9.71. The van der Waals surface area contributed by atoms with Crippen molar-refractivity contribution in [1.82, 2.24) is 0 Å². The molecule has 0 amide bonds. The van der Waals surface area contributed by atoms with E-state index in [0.29, 0.717) is 18.8 Å². The van der Waals surface area contributed by atoms with Crippen molar-refractivity contribution in [2.24, 2.45) is 0 Å². The lowest BCUT2D eigenvalue weighted by Crippen LogP contribution is -2.07. The summed E-state index contributed by atoms with van der Waals surface area (Å²) in [6, 6.07) is 0. The maximum atomic E-state index is 10.8. The predicted molar refractivity (Wildman–Crippen MR) is 46.3 cm³/mol. The summed E-state index contributed by atoms with van der Waals surface area (Å²) in [7, 11) is 0.741.